The second kappa shape index (κ2) is 26.3. The Balaban J connectivity index is 1.98. The number of amides is 4. The summed E-state index contributed by atoms with van der Waals surface area (Å²) >= 11 is 1.14. The van der Waals surface area contributed by atoms with Gasteiger partial charge < -0.3 is 30.9 Å². The largest absolute Gasteiger partial charge is 0.508 e. The van der Waals surface area contributed by atoms with E-state index in [0.29, 0.717) is 37.2 Å². The molecule has 342 valence electrons. The summed E-state index contributed by atoms with van der Waals surface area (Å²) in [5.41, 5.74) is 0.865. The molecule has 2 heterocycles. The van der Waals surface area contributed by atoms with Crippen LogP contribution in [-0.2, 0) is 30.4 Å². The van der Waals surface area contributed by atoms with E-state index in [-0.39, 0.29) is 60.6 Å². The smallest absolute Gasteiger partial charge is 0.407 e. The van der Waals surface area contributed by atoms with Crippen LogP contribution in [0.1, 0.15) is 146 Å². The number of carboxylic acids is 1. The number of hydroxylamine groups is 2. The zero-order valence-corrected chi connectivity index (χ0v) is 38.4. The minimum atomic E-state index is -0.998. The van der Waals surface area contributed by atoms with Crippen molar-refractivity contribution in [1.29, 1.82) is 0 Å². The number of unbranched alkanes of at least 4 members (excludes halogenated alkanes) is 3. The standard InChI is InChI=1S/C45H72N6O9S/c1-9-12-13-16-24-59-51(43(55)39(30(6)11-3)49-41(54)36-17-14-15-23-50(36)8)37(29(4)5)27-38(60-45(58)46-22-10-2)42-48-35(28-61-42)40(53)47-33(25-31(7)44(56)57)26-32-18-20-34(52)21-19-32/h18-21,28-31,33,36-39,52H,9-17,22-27H2,1-8H3,(H,46,58)(H,47,53)(H,49,54)(H,56,57)/t30-,31-,33?,36+,37+,38+,39-/m0/s1. The molecule has 0 bridgehead atoms. The van der Waals surface area contributed by atoms with Crippen LogP contribution in [0.2, 0.25) is 0 Å². The molecular formula is C45H72N6O9S. The Morgan fingerprint density at radius 3 is 2.31 bits per heavy atom. The molecule has 4 amide bonds. The van der Waals surface area contributed by atoms with E-state index in [1.807, 2.05) is 46.6 Å². The van der Waals surface area contributed by atoms with E-state index < -0.39 is 48.1 Å². The number of nitrogens with zero attached hydrogens (tertiary/aromatic N) is 3. The Labute approximate surface area is 366 Å². The summed E-state index contributed by atoms with van der Waals surface area (Å²) < 4.78 is 6.05. The molecule has 15 nitrogen and oxygen atoms in total. The van der Waals surface area contributed by atoms with Crippen molar-refractivity contribution in [3.63, 3.8) is 0 Å². The van der Waals surface area contributed by atoms with E-state index in [4.69, 9.17) is 9.57 Å². The Morgan fingerprint density at radius 1 is 0.967 bits per heavy atom. The fourth-order valence-electron chi connectivity index (χ4n) is 7.38. The first-order valence-electron chi connectivity index (χ1n) is 22.3. The Morgan fingerprint density at radius 2 is 1.69 bits per heavy atom. The summed E-state index contributed by atoms with van der Waals surface area (Å²) in [5.74, 6) is -3.16. The SMILES string of the molecule is CCCCCCON(C(=O)[C@@H](NC(=O)[C@H]1CCCCN1C)[C@@H](C)CC)[C@H](C[C@@H](OC(=O)NCCC)c1nc(C(=O)NC(Cc2ccc(O)cc2)C[C@H](C)C(=O)O)cs1)C(C)C. The first-order valence-corrected chi connectivity index (χ1v) is 23.2. The van der Waals surface area contributed by atoms with Crippen LogP contribution in [0.4, 0.5) is 4.79 Å². The average Bonchev–Trinajstić information content (AvgIpc) is 3.73. The number of carboxylic acid groups (broad SMARTS) is 1. The fraction of sp³-hybridized carbons (Fsp3) is 0.689. The van der Waals surface area contributed by atoms with Gasteiger partial charge in [-0.25, -0.2) is 14.8 Å². The Hall–Kier alpha value is -4.28. The first-order chi connectivity index (χ1) is 29.1. The Bertz CT molecular complexity index is 1670. The van der Waals surface area contributed by atoms with Gasteiger partial charge in [0.15, 0.2) is 6.10 Å². The minimum absolute atomic E-state index is 0.0645. The number of aromatic hydroxyl groups is 1. The third-order valence-corrected chi connectivity index (χ3v) is 12.4. The van der Waals surface area contributed by atoms with Crippen molar-refractivity contribution in [2.45, 2.75) is 156 Å². The van der Waals surface area contributed by atoms with Crippen molar-refractivity contribution in [1.82, 2.24) is 30.9 Å². The van der Waals surface area contributed by atoms with Gasteiger partial charge >= 0.3 is 12.1 Å². The number of likely N-dealkylation sites (tertiary alicyclic amines) is 1. The van der Waals surface area contributed by atoms with Gasteiger partial charge in [-0.1, -0.05) is 92.7 Å². The van der Waals surface area contributed by atoms with Gasteiger partial charge in [0.05, 0.1) is 24.6 Å². The first kappa shape index (κ1) is 51.1. The number of likely N-dealkylation sites (N-methyl/N-ethyl adjacent to an activating group) is 1. The minimum Gasteiger partial charge on any atom is -0.508 e. The summed E-state index contributed by atoms with van der Waals surface area (Å²) in [6.07, 6.45) is 6.53. The molecule has 1 aliphatic heterocycles. The van der Waals surface area contributed by atoms with Crippen molar-refractivity contribution >= 4 is 41.1 Å². The molecule has 0 saturated carbocycles. The van der Waals surface area contributed by atoms with Crippen LogP contribution in [0.5, 0.6) is 5.75 Å². The fourth-order valence-corrected chi connectivity index (χ4v) is 8.22. The zero-order chi connectivity index (χ0) is 45.1. The molecule has 1 aliphatic rings. The molecule has 16 heteroatoms. The van der Waals surface area contributed by atoms with E-state index in [9.17, 15) is 34.2 Å². The van der Waals surface area contributed by atoms with Gasteiger partial charge in [0.2, 0.25) is 5.91 Å². The van der Waals surface area contributed by atoms with Gasteiger partial charge in [0.1, 0.15) is 22.5 Å². The number of hydrogen-bond donors (Lipinski definition) is 5. The maximum atomic E-state index is 14.9. The van der Waals surface area contributed by atoms with Crippen molar-refractivity contribution in [3.8, 4) is 5.75 Å². The number of carbonyl (C=O) groups excluding carboxylic acids is 4. The molecule has 5 N–H and O–H groups in total. The number of carbonyl (C=O) groups is 5. The highest BCUT2D eigenvalue weighted by molar-refractivity contribution is 7.09. The molecule has 2 aromatic rings. The topological polar surface area (TPSA) is 200 Å². The van der Waals surface area contributed by atoms with Crippen LogP contribution in [0.25, 0.3) is 0 Å². The number of aromatic nitrogens is 1. The summed E-state index contributed by atoms with van der Waals surface area (Å²) in [6, 6.07) is 4.08. The number of thiazole rings is 1. The molecule has 0 radical (unpaired) electrons. The number of phenols is 1. The van der Waals surface area contributed by atoms with Crippen LogP contribution in [0.3, 0.4) is 0 Å². The molecular weight excluding hydrogens is 801 g/mol. The third-order valence-electron chi connectivity index (χ3n) is 11.4. The van der Waals surface area contributed by atoms with E-state index >= 15 is 0 Å². The number of rotatable bonds is 26. The van der Waals surface area contributed by atoms with Crippen molar-refractivity contribution < 1.29 is 43.8 Å². The number of aliphatic carboxylic acids is 1. The summed E-state index contributed by atoms with van der Waals surface area (Å²) in [7, 11) is 1.94. The molecule has 1 fully saturated rings. The summed E-state index contributed by atoms with van der Waals surface area (Å²) in [6.45, 7) is 14.9. The number of nitrogens with one attached hydrogen (secondary N) is 3. The molecule has 0 aliphatic carbocycles. The summed E-state index contributed by atoms with van der Waals surface area (Å²) in [5, 5.41) is 31.5. The molecule has 0 spiro atoms. The van der Waals surface area contributed by atoms with Gasteiger partial charge in [-0.2, -0.15) is 0 Å². The van der Waals surface area contributed by atoms with Crippen LogP contribution in [-0.4, -0.2) is 106 Å². The van der Waals surface area contributed by atoms with Gasteiger partial charge in [-0.3, -0.25) is 28.9 Å². The van der Waals surface area contributed by atoms with E-state index in [2.05, 4.69) is 27.9 Å². The number of alkyl carbamates (subject to hydrolysis) is 1. The van der Waals surface area contributed by atoms with Crippen molar-refractivity contribution in [2.24, 2.45) is 17.8 Å². The zero-order valence-electron chi connectivity index (χ0n) is 37.6. The molecule has 1 aromatic carbocycles. The molecule has 3 rings (SSSR count). The lowest BCUT2D eigenvalue weighted by Crippen LogP contribution is -2.58. The highest BCUT2D eigenvalue weighted by Crippen LogP contribution is 2.32. The summed E-state index contributed by atoms with van der Waals surface area (Å²) in [4.78, 5) is 80.6. The number of piperidine rings is 1. The lowest BCUT2D eigenvalue weighted by Gasteiger charge is -2.39. The van der Waals surface area contributed by atoms with E-state index in [1.54, 1.807) is 24.4 Å². The highest BCUT2D eigenvalue weighted by Gasteiger charge is 2.40. The second-order valence-corrected chi connectivity index (χ2v) is 17.8. The molecule has 1 unspecified atom stereocenters. The van der Waals surface area contributed by atoms with Crippen molar-refractivity contribution in [2.75, 3.05) is 26.7 Å². The van der Waals surface area contributed by atoms with Crippen LogP contribution >= 0.6 is 11.3 Å². The molecule has 1 aromatic heterocycles. The maximum Gasteiger partial charge on any atom is 0.407 e. The maximum absolute atomic E-state index is 14.9. The number of hydrogen-bond acceptors (Lipinski definition) is 11. The van der Waals surface area contributed by atoms with Gasteiger partial charge in [-0.05, 0) is 81.6 Å². The van der Waals surface area contributed by atoms with Gasteiger partial charge in [-0.15, -0.1) is 11.3 Å². The van der Waals surface area contributed by atoms with E-state index in [1.165, 1.54) is 17.2 Å². The Kier molecular flexibility index (Phi) is 22.0. The number of benzene rings is 1. The van der Waals surface area contributed by atoms with E-state index in [0.717, 1.165) is 62.0 Å². The van der Waals surface area contributed by atoms with Crippen molar-refractivity contribution in [3.05, 3.63) is 45.9 Å². The van der Waals surface area contributed by atoms with Gasteiger partial charge in [0, 0.05) is 24.4 Å². The number of phenolic OH excluding ortho intramolecular Hbond substituents is 1. The predicted octanol–water partition coefficient (Wildman–Crippen LogP) is 7.25. The van der Waals surface area contributed by atoms with Crippen LogP contribution in [0.15, 0.2) is 29.6 Å². The quantitative estimate of drug-likeness (QED) is 0.0471. The highest BCUT2D eigenvalue weighted by atomic mass is 32.1. The van der Waals surface area contributed by atoms with Gasteiger partial charge in [0.25, 0.3) is 11.8 Å². The monoisotopic (exact) mass is 873 g/mol. The van der Waals surface area contributed by atoms with Crippen LogP contribution in [0, 0.1) is 17.8 Å². The molecule has 7 atom stereocenters. The number of ether oxygens (including phenoxy) is 1. The molecule has 61 heavy (non-hydrogen) atoms. The lowest BCUT2D eigenvalue weighted by molar-refractivity contribution is -0.212. The predicted molar refractivity (Wildman–Crippen MR) is 236 cm³/mol. The van der Waals surface area contributed by atoms with Crippen LogP contribution < -0.4 is 16.0 Å². The second-order valence-electron chi connectivity index (χ2n) is 16.9. The lowest BCUT2D eigenvalue weighted by atomic mass is 9.93. The normalized spacial score (nSPS) is 17.4. The third kappa shape index (κ3) is 16.5. The average molecular weight is 873 g/mol. The molecule has 1 saturated heterocycles.